The molecule has 0 amide bonds. The van der Waals surface area contributed by atoms with E-state index in [1.165, 1.54) is 5.56 Å². The Hall–Kier alpha value is 0.854. The summed E-state index contributed by atoms with van der Waals surface area (Å²) in [5.41, 5.74) is 9.91. The van der Waals surface area contributed by atoms with E-state index < -0.39 is 62.4 Å². The number of hydrogen-bond acceptors (Lipinski definition) is 2. The molecule has 0 aliphatic carbocycles. The summed E-state index contributed by atoms with van der Waals surface area (Å²) in [4.78, 5) is 0. The summed E-state index contributed by atoms with van der Waals surface area (Å²) < 4.78 is 4.60. The van der Waals surface area contributed by atoms with Crippen molar-refractivity contribution in [3.05, 3.63) is 57.6 Å². The van der Waals surface area contributed by atoms with Crippen LogP contribution in [0.3, 0.4) is 0 Å². The van der Waals surface area contributed by atoms with Crippen LogP contribution in [-0.2, 0) is 0 Å². The van der Waals surface area contributed by atoms with E-state index in [1.807, 2.05) is 0 Å². The van der Waals surface area contributed by atoms with E-state index in [2.05, 4.69) is 184 Å². The van der Waals surface area contributed by atoms with E-state index in [0.717, 1.165) is 3.01 Å². The first-order valence-electron chi connectivity index (χ1n) is 20.4. The molecule has 2 rings (SSSR count). The van der Waals surface area contributed by atoms with E-state index >= 15 is 0 Å². The van der Waals surface area contributed by atoms with Crippen LogP contribution in [0.2, 0.25) is 118 Å². The van der Waals surface area contributed by atoms with Crippen molar-refractivity contribution in [3.8, 4) is 0 Å². The Labute approximate surface area is 346 Å². The van der Waals surface area contributed by atoms with Gasteiger partial charge in [0, 0.05) is 0 Å². The van der Waals surface area contributed by atoms with E-state index in [4.69, 9.17) is 25.3 Å². The molecule has 0 fully saturated rings. The van der Waals surface area contributed by atoms with Gasteiger partial charge in [-0.3, -0.25) is 0 Å². The van der Waals surface area contributed by atoms with Gasteiger partial charge < -0.3 is 0 Å². The molecule has 0 N–H and O–H groups in total. The van der Waals surface area contributed by atoms with Gasteiger partial charge in [-0.2, -0.15) is 0 Å². The predicted molar refractivity (Wildman–Crippen MR) is 271 cm³/mol. The Kier molecular flexibility index (Phi) is 16.0. The summed E-state index contributed by atoms with van der Waals surface area (Å²) in [6.07, 6.45) is 0. The molecule has 0 nitrogen and oxygen atoms in total. The van der Waals surface area contributed by atoms with E-state index in [-0.39, 0.29) is 0 Å². The first-order valence-corrected chi connectivity index (χ1v) is 45.9. The van der Waals surface area contributed by atoms with Gasteiger partial charge in [0.05, 0.1) is 0 Å². The predicted octanol–water partition coefficient (Wildman–Crippen LogP) is 13.7. The van der Waals surface area contributed by atoms with Gasteiger partial charge >= 0.3 is 350 Å². The molecule has 0 unspecified atom stereocenters. The molecule has 2 aromatic rings. The zero-order valence-electron chi connectivity index (χ0n) is 38.7. The fourth-order valence-electron chi connectivity index (χ4n) is 11.0. The Balaban J connectivity index is 3.75. The first kappa shape index (κ1) is 49.0. The van der Waals surface area contributed by atoms with Crippen LogP contribution in [0.4, 0.5) is 0 Å². The molecular weight excluding hydrogens is 822 g/mol. The maximum absolute atomic E-state index is 5.51. The molecular formula is C43H84GeS2Si6. The molecule has 2 aromatic carbocycles. The van der Waals surface area contributed by atoms with Crippen LogP contribution in [0.15, 0.2) is 24.3 Å². The summed E-state index contributed by atoms with van der Waals surface area (Å²) in [6.45, 7) is 62.8. The molecule has 0 aliphatic heterocycles. The van der Waals surface area contributed by atoms with Crippen LogP contribution >= 0.6 is 25.3 Å². The van der Waals surface area contributed by atoms with Crippen LogP contribution in [0.1, 0.15) is 108 Å². The average molecular weight is 906 g/mol. The molecule has 296 valence electrons. The van der Waals surface area contributed by atoms with Crippen LogP contribution in [-0.4, -0.2) is 65.4 Å². The zero-order chi connectivity index (χ0) is 41.1. The van der Waals surface area contributed by atoms with Crippen molar-refractivity contribution < 1.29 is 0 Å². The molecule has 0 aliphatic rings. The van der Waals surface area contributed by atoms with E-state index in [1.54, 1.807) is 36.6 Å². The summed E-state index contributed by atoms with van der Waals surface area (Å²) >= 11 is 8.46. The second kappa shape index (κ2) is 17.0. The number of thiol groups is 2. The van der Waals surface area contributed by atoms with Gasteiger partial charge in [-0.15, -0.1) is 0 Å². The third-order valence-corrected chi connectivity index (χ3v) is 46.9. The Morgan fingerprint density at radius 3 is 0.846 bits per heavy atom. The van der Waals surface area contributed by atoms with Crippen molar-refractivity contribution in [2.75, 3.05) is 0 Å². The summed E-state index contributed by atoms with van der Waals surface area (Å²) in [7, 11) is -9.92. The average Bonchev–Trinajstić information content (AvgIpc) is 2.84. The Morgan fingerprint density at radius 2 is 0.635 bits per heavy atom. The summed E-state index contributed by atoms with van der Waals surface area (Å²) in [5.74, 6) is 1.39. The van der Waals surface area contributed by atoms with Gasteiger partial charge in [0.1, 0.15) is 0 Å². The molecule has 0 atom stereocenters. The number of hydrogen-bond donors (Lipinski definition) is 2. The molecule has 0 bridgehead atoms. The fourth-order valence-corrected chi connectivity index (χ4v) is 59.0. The second-order valence-electron chi connectivity index (χ2n) is 23.8. The van der Waals surface area contributed by atoms with Crippen molar-refractivity contribution in [1.29, 1.82) is 0 Å². The molecule has 0 aromatic heterocycles. The van der Waals surface area contributed by atoms with Crippen LogP contribution in [0.25, 0.3) is 0 Å². The number of benzene rings is 2. The first-order chi connectivity index (χ1) is 23.0. The molecule has 0 spiro atoms. The minimum atomic E-state index is -2.56. The maximum atomic E-state index is 5.51. The van der Waals surface area contributed by atoms with Crippen molar-refractivity contribution >= 4 is 99.4 Å². The number of rotatable bonds is 14. The molecule has 0 saturated heterocycles. The van der Waals surface area contributed by atoms with E-state index in [0.29, 0.717) is 33.2 Å². The summed E-state index contributed by atoms with van der Waals surface area (Å²) in [6, 6.07) is 11.0. The van der Waals surface area contributed by atoms with Crippen LogP contribution in [0.5, 0.6) is 0 Å². The van der Waals surface area contributed by atoms with Gasteiger partial charge in [0.15, 0.2) is 0 Å². The molecule has 9 heteroatoms. The van der Waals surface area contributed by atoms with Crippen molar-refractivity contribution in [2.45, 2.75) is 193 Å². The third-order valence-electron chi connectivity index (χ3n) is 11.2. The van der Waals surface area contributed by atoms with Crippen molar-refractivity contribution in [1.82, 2.24) is 0 Å². The van der Waals surface area contributed by atoms with Crippen LogP contribution < -0.4 is 8.79 Å². The topological polar surface area (TPSA) is 0 Å². The van der Waals surface area contributed by atoms with E-state index in [9.17, 15) is 0 Å². The fraction of sp³-hybridized carbons (Fsp3) is 0.698. The zero-order valence-corrected chi connectivity index (χ0v) is 48.6. The van der Waals surface area contributed by atoms with Gasteiger partial charge in [-0.1, -0.05) is 0 Å². The summed E-state index contributed by atoms with van der Waals surface area (Å²) in [5, 5.41) is 2.02. The van der Waals surface area contributed by atoms with Crippen molar-refractivity contribution in [3.63, 3.8) is 0 Å². The Bertz CT molecular complexity index is 1470. The Morgan fingerprint density at radius 1 is 0.385 bits per heavy atom. The quantitative estimate of drug-likeness (QED) is 0.137. The molecule has 0 saturated carbocycles. The van der Waals surface area contributed by atoms with Gasteiger partial charge in [0.25, 0.3) is 0 Å². The second-order valence-corrected chi connectivity index (χ2v) is 65.1. The van der Waals surface area contributed by atoms with Gasteiger partial charge in [-0.25, -0.2) is 0 Å². The van der Waals surface area contributed by atoms with Crippen molar-refractivity contribution in [2.24, 2.45) is 0 Å². The molecule has 0 heterocycles. The van der Waals surface area contributed by atoms with Crippen LogP contribution in [0, 0.1) is 0 Å². The SMILES string of the molecule is CC(C)c1cc(C(C)C)[c]([Ge](=[C](S)S)[c]2c(C([Si](C)(C)C)[Si](C)(C)C)cc(C([Si](C)(C)C)[Si](C)(C)C)cc2C([Si](C)(C)C)[Si](C)(C)C)c(C(C)C)c1. The van der Waals surface area contributed by atoms with Gasteiger partial charge in [-0.05, 0) is 0 Å². The van der Waals surface area contributed by atoms with Gasteiger partial charge in [0.2, 0.25) is 0 Å². The molecule has 0 radical (unpaired) electrons. The monoisotopic (exact) mass is 906 g/mol. The molecule has 52 heavy (non-hydrogen) atoms. The normalized spacial score (nSPS) is 14.2. The standard InChI is InChI=1S/C43H84GeS2Si6/c1-29(2)32-25-34(30(3)4)38(35(26-32)31(5)6)44(43(45)46)39-36(41(49(13,14)15)50(16,17)18)27-33(40(47(7,8)9)48(10,11)12)28-37(39)42(51(19,20)21)52(22,23)24/h25-31,40-42,45-46H,1-24H3. The minimum absolute atomic E-state index is 0.443. The third kappa shape index (κ3) is 11.5.